The van der Waals surface area contributed by atoms with Crippen LogP contribution in [0.15, 0.2) is 53.9 Å². The summed E-state index contributed by atoms with van der Waals surface area (Å²) in [4.78, 5) is 11.5. The van der Waals surface area contributed by atoms with Crippen molar-refractivity contribution >= 4 is 5.97 Å². The number of halogens is 2. The van der Waals surface area contributed by atoms with Gasteiger partial charge in [0.05, 0.1) is 0 Å². The Kier molecular flexibility index (Phi) is 5.30. The fourth-order valence-corrected chi connectivity index (χ4v) is 4.53. The van der Waals surface area contributed by atoms with Gasteiger partial charge in [-0.2, -0.15) is 0 Å². The van der Waals surface area contributed by atoms with E-state index in [-0.39, 0.29) is 24.9 Å². The van der Waals surface area contributed by atoms with E-state index in [1.807, 2.05) is 30.4 Å². The minimum Gasteiger partial charge on any atom is -0.486 e. The Hall–Kier alpha value is -2.47. The molecule has 0 saturated heterocycles. The lowest BCUT2D eigenvalue weighted by molar-refractivity contribution is -0.143. The second kappa shape index (κ2) is 7.75. The average molecular weight is 401 g/mol. The van der Waals surface area contributed by atoms with Gasteiger partial charge in [0.2, 0.25) is 0 Å². The van der Waals surface area contributed by atoms with Crippen molar-refractivity contribution in [2.45, 2.75) is 56.3 Å². The van der Waals surface area contributed by atoms with Crippen molar-refractivity contribution in [3.63, 3.8) is 0 Å². The van der Waals surface area contributed by atoms with Crippen LogP contribution in [-0.2, 0) is 17.6 Å². The number of alkyl halides is 1. The largest absolute Gasteiger partial charge is 0.486 e. The van der Waals surface area contributed by atoms with Crippen LogP contribution in [0, 0.1) is 5.92 Å². The highest BCUT2D eigenvalue weighted by molar-refractivity contribution is 5.79. The number of hydrogen-bond donors (Lipinski definition) is 2. The van der Waals surface area contributed by atoms with Crippen LogP contribution in [-0.4, -0.2) is 28.9 Å². The number of carboxylic acid groups (broad SMARTS) is 1. The van der Waals surface area contributed by atoms with Crippen LogP contribution in [0.1, 0.15) is 36.8 Å². The van der Waals surface area contributed by atoms with E-state index in [4.69, 9.17) is 10.5 Å². The first-order chi connectivity index (χ1) is 13.8. The molecular formula is C23H25F2NO3. The lowest BCUT2D eigenvalue weighted by atomic mass is 9.78. The van der Waals surface area contributed by atoms with Gasteiger partial charge in [0, 0.05) is 18.8 Å². The maximum atomic E-state index is 13.8. The van der Waals surface area contributed by atoms with Gasteiger partial charge in [0.25, 0.3) is 0 Å². The number of carbonyl (C=O) groups is 1. The number of ether oxygens (including phenoxy) is 1. The second-order valence-corrected chi connectivity index (χ2v) is 8.25. The highest BCUT2D eigenvalue weighted by Gasteiger charge is 2.38. The number of hydrogen-bond acceptors (Lipinski definition) is 3. The van der Waals surface area contributed by atoms with Gasteiger partial charge in [-0.15, -0.1) is 0 Å². The van der Waals surface area contributed by atoms with E-state index < -0.39 is 23.5 Å². The number of fused-ring (bicyclic) bond motifs is 1. The normalized spacial score (nSPS) is 31.5. The third kappa shape index (κ3) is 4.13. The maximum Gasteiger partial charge on any atom is 0.324 e. The summed E-state index contributed by atoms with van der Waals surface area (Å²) in [5, 5.41) is 9.44. The summed E-state index contributed by atoms with van der Waals surface area (Å²) in [7, 11) is 0. The predicted octanol–water partition coefficient (Wildman–Crippen LogP) is 4.19. The minimum atomic E-state index is -1.31. The highest BCUT2D eigenvalue weighted by atomic mass is 19.1. The molecule has 0 spiro atoms. The van der Waals surface area contributed by atoms with E-state index in [1.165, 1.54) is 6.08 Å². The minimum absolute atomic E-state index is 0.0960. The molecule has 1 aromatic rings. The van der Waals surface area contributed by atoms with E-state index in [9.17, 15) is 18.7 Å². The molecule has 0 aliphatic heterocycles. The summed E-state index contributed by atoms with van der Waals surface area (Å²) in [6, 6.07) is 5.68. The summed E-state index contributed by atoms with van der Waals surface area (Å²) in [6.45, 7) is 0. The van der Waals surface area contributed by atoms with Gasteiger partial charge in [-0.05, 0) is 67.2 Å². The highest BCUT2D eigenvalue weighted by Crippen LogP contribution is 2.37. The van der Waals surface area contributed by atoms with Gasteiger partial charge < -0.3 is 15.6 Å². The SMILES string of the molecule is NC1(C(=O)O)CCc2ccc(OC3C=CCCC3C3=CC(F)=CC(F)C3)cc2C1. The quantitative estimate of drug-likeness (QED) is 0.742. The topological polar surface area (TPSA) is 72.6 Å². The van der Waals surface area contributed by atoms with Crippen LogP contribution >= 0.6 is 0 Å². The lowest BCUT2D eigenvalue weighted by Crippen LogP contribution is -2.52. The summed E-state index contributed by atoms with van der Waals surface area (Å²) in [6.07, 6.45) is 7.83. The van der Waals surface area contributed by atoms with Crippen molar-refractivity contribution in [3.8, 4) is 5.75 Å². The number of aliphatic carboxylic acids is 1. The molecule has 1 aromatic carbocycles. The Balaban J connectivity index is 1.55. The standard InChI is InChI=1S/C23H25F2NO3/c24-17-9-15(10-18(25)12-17)20-3-1-2-4-21(20)29-19-6-5-14-7-8-23(26,22(27)28)13-16(14)11-19/h2,4-6,9,11-12,18,20-21H,1,3,7-8,10,13,26H2,(H,27,28). The van der Waals surface area contributed by atoms with Crippen LogP contribution in [0.5, 0.6) is 5.75 Å². The Labute approximate surface area is 168 Å². The van der Waals surface area contributed by atoms with E-state index in [0.717, 1.165) is 35.6 Å². The lowest BCUT2D eigenvalue weighted by Gasteiger charge is -2.33. The van der Waals surface area contributed by atoms with E-state index >= 15 is 0 Å². The summed E-state index contributed by atoms with van der Waals surface area (Å²) in [5.41, 5.74) is 7.50. The molecule has 29 heavy (non-hydrogen) atoms. The molecule has 0 radical (unpaired) electrons. The molecule has 4 nitrogen and oxygen atoms in total. The van der Waals surface area contributed by atoms with Gasteiger partial charge in [0.1, 0.15) is 29.4 Å². The second-order valence-electron chi connectivity index (χ2n) is 8.25. The van der Waals surface area contributed by atoms with Gasteiger partial charge in [-0.1, -0.05) is 17.7 Å². The molecule has 3 N–H and O–H groups in total. The number of allylic oxidation sites excluding steroid dienone is 4. The van der Waals surface area contributed by atoms with Crippen molar-refractivity contribution in [2.24, 2.45) is 11.7 Å². The molecule has 4 rings (SSSR count). The molecule has 4 unspecified atom stereocenters. The maximum absolute atomic E-state index is 13.8. The van der Waals surface area contributed by atoms with Crippen LogP contribution < -0.4 is 10.5 Å². The Morgan fingerprint density at radius 3 is 2.90 bits per heavy atom. The van der Waals surface area contributed by atoms with Crippen LogP contribution in [0.3, 0.4) is 0 Å². The molecule has 0 fully saturated rings. The number of nitrogens with two attached hydrogens (primary N) is 1. The number of carboxylic acids is 1. The predicted molar refractivity (Wildman–Crippen MR) is 106 cm³/mol. The number of aryl methyl sites for hydroxylation is 1. The Morgan fingerprint density at radius 2 is 2.14 bits per heavy atom. The molecule has 0 heterocycles. The fraction of sp³-hybridized carbons (Fsp3) is 0.435. The zero-order chi connectivity index (χ0) is 20.6. The third-order valence-electron chi connectivity index (χ3n) is 6.16. The van der Waals surface area contributed by atoms with Crippen molar-refractivity contribution < 1.29 is 23.4 Å². The molecule has 3 aliphatic carbocycles. The van der Waals surface area contributed by atoms with Gasteiger partial charge >= 0.3 is 5.97 Å². The molecule has 6 heteroatoms. The van der Waals surface area contributed by atoms with Crippen molar-refractivity contribution in [3.05, 3.63) is 65.0 Å². The van der Waals surface area contributed by atoms with Crippen molar-refractivity contribution in [1.82, 2.24) is 0 Å². The zero-order valence-electron chi connectivity index (χ0n) is 16.1. The average Bonchev–Trinajstić information content (AvgIpc) is 2.67. The summed E-state index contributed by atoms with van der Waals surface area (Å²) >= 11 is 0. The number of benzene rings is 1. The third-order valence-corrected chi connectivity index (χ3v) is 6.16. The van der Waals surface area contributed by atoms with Crippen LogP contribution in [0.4, 0.5) is 8.78 Å². The van der Waals surface area contributed by atoms with Gasteiger partial charge in [0.15, 0.2) is 0 Å². The van der Waals surface area contributed by atoms with E-state index in [2.05, 4.69) is 0 Å². The summed E-state index contributed by atoms with van der Waals surface area (Å²) < 4.78 is 33.8. The molecule has 0 amide bonds. The summed E-state index contributed by atoms with van der Waals surface area (Å²) in [5.74, 6) is -1.01. The Bertz CT molecular complexity index is 907. The molecule has 0 bridgehead atoms. The van der Waals surface area contributed by atoms with Crippen molar-refractivity contribution in [2.75, 3.05) is 0 Å². The molecular weight excluding hydrogens is 376 g/mol. The first-order valence-corrected chi connectivity index (χ1v) is 10.0. The van der Waals surface area contributed by atoms with Crippen LogP contribution in [0.2, 0.25) is 0 Å². The first-order valence-electron chi connectivity index (χ1n) is 10.0. The molecule has 154 valence electrons. The first kappa shape index (κ1) is 19.8. The molecule has 0 aromatic heterocycles. The van der Waals surface area contributed by atoms with Gasteiger partial charge in [-0.3, -0.25) is 4.79 Å². The smallest absolute Gasteiger partial charge is 0.324 e. The van der Waals surface area contributed by atoms with Gasteiger partial charge in [-0.25, -0.2) is 8.78 Å². The zero-order valence-corrected chi connectivity index (χ0v) is 16.1. The molecule has 0 saturated carbocycles. The van der Waals surface area contributed by atoms with E-state index in [0.29, 0.717) is 18.6 Å². The molecule has 3 aliphatic rings. The molecule has 4 atom stereocenters. The monoisotopic (exact) mass is 401 g/mol. The van der Waals surface area contributed by atoms with Crippen LogP contribution in [0.25, 0.3) is 0 Å². The van der Waals surface area contributed by atoms with E-state index in [1.54, 1.807) is 0 Å². The Morgan fingerprint density at radius 1 is 1.31 bits per heavy atom. The fourth-order valence-electron chi connectivity index (χ4n) is 4.53. The number of rotatable bonds is 4. The van der Waals surface area contributed by atoms with Crippen molar-refractivity contribution in [1.29, 1.82) is 0 Å².